The highest BCUT2D eigenvalue weighted by Crippen LogP contribution is 2.22. The first-order valence-corrected chi connectivity index (χ1v) is 8.80. The summed E-state index contributed by atoms with van der Waals surface area (Å²) in [6.07, 6.45) is 3.66. The molecular formula is C12H25ClN2O2S. The zero-order valence-electron chi connectivity index (χ0n) is 11.4. The molecule has 0 spiro atoms. The van der Waals surface area contributed by atoms with Gasteiger partial charge in [0.1, 0.15) is 0 Å². The summed E-state index contributed by atoms with van der Waals surface area (Å²) >= 11 is 5.86. The van der Waals surface area contributed by atoms with E-state index in [9.17, 15) is 8.42 Å². The van der Waals surface area contributed by atoms with Crippen LogP contribution in [0.1, 0.15) is 39.5 Å². The molecule has 0 aromatic carbocycles. The van der Waals surface area contributed by atoms with E-state index in [1.54, 1.807) is 8.61 Å². The highest BCUT2D eigenvalue weighted by atomic mass is 35.5. The molecule has 0 bridgehead atoms. The molecule has 0 N–H and O–H groups in total. The van der Waals surface area contributed by atoms with Crippen LogP contribution in [0.3, 0.4) is 0 Å². The third-order valence-corrected chi connectivity index (χ3v) is 5.74. The number of hydrogen-bond donors (Lipinski definition) is 0. The van der Waals surface area contributed by atoms with E-state index in [0.717, 1.165) is 25.7 Å². The molecule has 0 amide bonds. The van der Waals surface area contributed by atoms with Crippen LogP contribution in [0.2, 0.25) is 0 Å². The van der Waals surface area contributed by atoms with Crippen LogP contribution in [-0.2, 0) is 10.2 Å². The van der Waals surface area contributed by atoms with Crippen molar-refractivity contribution in [1.82, 2.24) is 8.61 Å². The number of hydrogen-bond acceptors (Lipinski definition) is 2. The van der Waals surface area contributed by atoms with E-state index >= 15 is 0 Å². The van der Waals surface area contributed by atoms with Gasteiger partial charge >= 0.3 is 0 Å². The summed E-state index contributed by atoms with van der Waals surface area (Å²) in [6, 6.07) is 0. The maximum Gasteiger partial charge on any atom is 0.281 e. The monoisotopic (exact) mass is 296 g/mol. The predicted octanol–water partition coefficient (Wildman–Crippen LogP) is 2.30. The molecule has 1 unspecified atom stereocenters. The Labute approximate surface area is 116 Å². The Hall–Kier alpha value is 0.160. The first-order chi connectivity index (χ1) is 8.56. The molecule has 6 heteroatoms. The first-order valence-electron chi connectivity index (χ1n) is 6.87. The van der Waals surface area contributed by atoms with Crippen molar-refractivity contribution >= 4 is 21.8 Å². The number of halogens is 1. The molecule has 1 aliphatic heterocycles. The van der Waals surface area contributed by atoms with Gasteiger partial charge in [0, 0.05) is 32.1 Å². The van der Waals surface area contributed by atoms with E-state index in [2.05, 4.69) is 0 Å². The second-order valence-corrected chi connectivity index (χ2v) is 7.16. The van der Waals surface area contributed by atoms with Crippen molar-refractivity contribution < 1.29 is 8.42 Å². The Morgan fingerprint density at radius 2 is 1.89 bits per heavy atom. The highest BCUT2D eigenvalue weighted by molar-refractivity contribution is 7.86. The lowest BCUT2D eigenvalue weighted by molar-refractivity contribution is 0.259. The van der Waals surface area contributed by atoms with E-state index in [0.29, 0.717) is 38.0 Å². The fourth-order valence-electron chi connectivity index (χ4n) is 2.37. The average Bonchev–Trinajstić information content (AvgIpc) is 2.38. The summed E-state index contributed by atoms with van der Waals surface area (Å²) in [6.45, 7) is 6.46. The van der Waals surface area contributed by atoms with Gasteiger partial charge in [-0.1, -0.05) is 13.8 Å². The minimum absolute atomic E-state index is 0.306. The average molecular weight is 297 g/mol. The van der Waals surface area contributed by atoms with E-state index in [-0.39, 0.29) is 0 Å². The maximum absolute atomic E-state index is 12.5. The SMILES string of the molecule is CCCN(CCC)S(=O)(=O)N1CCCC(CCl)C1. The molecule has 18 heavy (non-hydrogen) atoms. The van der Waals surface area contributed by atoms with Crippen LogP contribution in [0.25, 0.3) is 0 Å². The van der Waals surface area contributed by atoms with Crippen LogP contribution in [0, 0.1) is 5.92 Å². The molecule has 0 radical (unpaired) electrons. The minimum Gasteiger partial charge on any atom is -0.195 e. The van der Waals surface area contributed by atoms with Crippen LogP contribution in [0.15, 0.2) is 0 Å². The summed E-state index contributed by atoms with van der Waals surface area (Å²) in [4.78, 5) is 0. The van der Waals surface area contributed by atoms with Gasteiger partial charge in [0.15, 0.2) is 0 Å². The predicted molar refractivity (Wildman–Crippen MR) is 76.1 cm³/mol. The van der Waals surface area contributed by atoms with E-state index in [4.69, 9.17) is 11.6 Å². The summed E-state index contributed by atoms with van der Waals surface area (Å²) < 4.78 is 28.3. The van der Waals surface area contributed by atoms with Gasteiger partial charge in [0.2, 0.25) is 0 Å². The number of nitrogens with zero attached hydrogens (tertiary/aromatic N) is 2. The van der Waals surface area contributed by atoms with Gasteiger partial charge in [0.05, 0.1) is 0 Å². The molecule has 1 atom stereocenters. The Morgan fingerprint density at radius 1 is 1.28 bits per heavy atom. The third-order valence-electron chi connectivity index (χ3n) is 3.30. The summed E-state index contributed by atoms with van der Waals surface area (Å²) in [5, 5.41) is 0. The quantitative estimate of drug-likeness (QED) is 0.677. The molecular weight excluding hydrogens is 272 g/mol. The van der Waals surface area contributed by atoms with Gasteiger partial charge in [-0.2, -0.15) is 17.0 Å². The Kier molecular flexibility index (Phi) is 6.92. The van der Waals surface area contributed by atoms with E-state index in [1.165, 1.54) is 0 Å². The lowest BCUT2D eigenvalue weighted by Gasteiger charge is -2.34. The second-order valence-electron chi connectivity index (χ2n) is 4.93. The molecule has 108 valence electrons. The fraction of sp³-hybridized carbons (Fsp3) is 1.00. The van der Waals surface area contributed by atoms with Crippen molar-refractivity contribution in [1.29, 1.82) is 0 Å². The van der Waals surface area contributed by atoms with Gasteiger partial charge in [-0.15, -0.1) is 11.6 Å². The normalized spacial score (nSPS) is 22.6. The van der Waals surface area contributed by atoms with Crippen LogP contribution >= 0.6 is 11.6 Å². The lowest BCUT2D eigenvalue weighted by Crippen LogP contribution is -2.48. The molecule has 0 saturated carbocycles. The Bertz CT molecular complexity index is 329. The summed E-state index contributed by atoms with van der Waals surface area (Å²) in [5.41, 5.74) is 0. The number of rotatable bonds is 7. The molecule has 4 nitrogen and oxygen atoms in total. The number of alkyl halides is 1. The molecule has 1 rings (SSSR count). The topological polar surface area (TPSA) is 40.6 Å². The van der Waals surface area contributed by atoms with Crippen molar-refractivity contribution in [3.8, 4) is 0 Å². The van der Waals surface area contributed by atoms with Gasteiger partial charge in [-0.05, 0) is 31.6 Å². The van der Waals surface area contributed by atoms with Gasteiger partial charge in [-0.25, -0.2) is 0 Å². The summed E-state index contributed by atoms with van der Waals surface area (Å²) in [5.74, 6) is 0.855. The van der Waals surface area contributed by atoms with Crippen LogP contribution in [0.4, 0.5) is 0 Å². The number of piperidine rings is 1. The first kappa shape index (κ1) is 16.2. The largest absolute Gasteiger partial charge is 0.281 e. The highest BCUT2D eigenvalue weighted by Gasteiger charge is 2.32. The van der Waals surface area contributed by atoms with Crippen molar-refractivity contribution in [2.45, 2.75) is 39.5 Å². The van der Waals surface area contributed by atoms with E-state index < -0.39 is 10.2 Å². The molecule has 1 heterocycles. The smallest absolute Gasteiger partial charge is 0.195 e. The second kappa shape index (κ2) is 7.68. The zero-order valence-corrected chi connectivity index (χ0v) is 13.0. The lowest BCUT2D eigenvalue weighted by atomic mass is 10.0. The minimum atomic E-state index is -3.28. The standard InChI is InChI=1S/C12H25ClN2O2S/c1-3-7-14(8-4-2)18(16,17)15-9-5-6-12(10-13)11-15/h12H,3-11H2,1-2H3. The molecule has 1 aliphatic rings. The Balaban J connectivity index is 2.75. The van der Waals surface area contributed by atoms with Gasteiger partial charge in [-0.3, -0.25) is 0 Å². The maximum atomic E-state index is 12.5. The van der Waals surface area contributed by atoms with Crippen LogP contribution < -0.4 is 0 Å². The Morgan fingerprint density at radius 3 is 2.39 bits per heavy atom. The van der Waals surface area contributed by atoms with Gasteiger partial charge in [0.25, 0.3) is 10.2 Å². The molecule has 1 fully saturated rings. The van der Waals surface area contributed by atoms with E-state index in [1.807, 2.05) is 13.8 Å². The molecule has 1 saturated heterocycles. The van der Waals surface area contributed by atoms with Gasteiger partial charge < -0.3 is 0 Å². The van der Waals surface area contributed by atoms with Crippen molar-refractivity contribution in [2.24, 2.45) is 5.92 Å². The van der Waals surface area contributed by atoms with Crippen LogP contribution in [0.5, 0.6) is 0 Å². The molecule has 0 aromatic rings. The zero-order chi connectivity index (χ0) is 13.6. The van der Waals surface area contributed by atoms with Crippen molar-refractivity contribution in [2.75, 3.05) is 32.1 Å². The summed E-state index contributed by atoms with van der Waals surface area (Å²) in [7, 11) is -3.28. The fourth-order valence-corrected chi connectivity index (χ4v) is 4.53. The molecule has 0 aliphatic carbocycles. The molecule has 0 aromatic heterocycles. The third kappa shape index (κ3) is 4.08. The van der Waals surface area contributed by atoms with Crippen molar-refractivity contribution in [3.63, 3.8) is 0 Å². The van der Waals surface area contributed by atoms with Crippen LogP contribution in [-0.4, -0.2) is 49.1 Å². The van der Waals surface area contributed by atoms with Crippen molar-refractivity contribution in [3.05, 3.63) is 0 Å².